The van der Waals surface area contributed by atoms with Gasteiger partial charge in [0.2, 0.25) is 5.91 Å². The molecular formula is C16H22N2O4. The van der Waals surface area contributed by atoms with Crippen LogP contribution in [0.5, 0.6) is 0 Å². The third-order valence-corrected chi connectivity index (χ3v) is 5.10. The monoisotopic (exact) mass is 306 g/mol. The summed E-state index contributed by atoms with van der Waals surface area (Å²) in [5.74, 6) is -0.0219. The molecule has 2 fully saturated rings. The molecule has 1 spiro atoms. The highest BCUT2D eigenvalue weighted by molar-refractivity contribution is 5.93. The molecule has 2 amide bonds. The van der Waals surface area contributed by atoms with E-state index in [1.54, 1.807) is 6.07 Å². The fraction of sp³-hybridized carbons (Fsp3) is 0.625. The zero-order chi connectivity index (χ0) is 15.6. The number of carbonyl (C=O) groups excluding carboxylic acids is 2. The highest BCUT2D eigenvalue weighted by Gasteiger charge is 2.49. The predicted molar refractivity (Wildman–Crippen MR) is 79.3 cm³/mol. The third kappa shape index (κ3) is 2.75. The van der Waals surface area contributed by atoms with Crippen molar-refractivity contribution in [2.75, 3.05) is 26.8 Å². The number of piperidine rings is 1. The first-order chi connectivity index (χ1) is 10.6. The lowest BCUT2D eigenvalue weighted by Crippen LogP contribution is -2.60. The molecule has 1 saturated carbocycles. The molecule has 6 nitrogen and oxygen atoms in total. The minimum absolute atomic E-state index is 0.0305. The lowest BCUT2D eigenvalue weighted by atomic mass is 9.59. The van der Waals surface area contributed by atoms with Crippen molar-refractivity contribution in [3.05, 3.63) is 24.2 Å². The Labute approximate surface area is 129 Å². The number of furan rings is 1. The number of nitrogens with zero attached hydrogens (tertiary/aromatic N) is 1. The summed E-state index contributed by atoms with van der Waals surface area (Å²) >= 11 is 0. The maximum absolute atomic E-state index is 12.3. The van der Waals surface area contributed by atoms with Crippen LogP contribution in [0.4, 0.5) is 0 Å². The molecule has 1 N–H and O–H groups in total. The van der Waals surface area contributed by atoms with Gasteiger partial charge in [-0.15, -0.1) is 0 Å². The van der Waals surface area contributed by atoms with Crippen LogP contribution in [0.25, 0.3) is 0 Å². The molecule has 120 valence electrons. The number of methoxy groups -OCH3 is 1. The molecule has 1 aromatic rings. The summed E-state index contributed by atoms with van der Waals surface area (Å²) in [4.78, 5) is 25.9. The zero-order valence-electron chi connectivity index (χ0n) is 12.8. The number of nitrogens with one attached hydrogen (secondary N) is 1. The second kappa shape index (κ2) is 6.12. The molecule has 1 aromatic heterocycles. The Morgan fingerprint density at radius 1 is 1.41 bits per heavy atom. The van der Waals surface area contributed by atoms with Gasteiger partial charge in [0.05, 0.1) is 11.8 Å². The van der Waals surface area contributed by atoms with Crippen LogP contribution >= 0.6 is 0 Å². The van der Waals surface area contributed by atoms with Crippen LogP contribution in [-0.4, -0.2) is 49.6 Å². The van der Waals surface area contributed by atoms with Gasteiger partial charge in [-0.3, -0.25) is 9.59 Å². The average Bonchev–Trinajstić information content (AvgIpc) is 3.06. The van der Waals surface area contributed by atoms with Gasteiger partial charge in [-0.2, -0.15) is 0 Å². The zero-order valence-corrected chi connectivity index (χ0v) is 12.8. The quantitative estimate of drug-likeness (QED) is 0.913. The summed E-state index contributed by atoms with van der Waals surface area (Å²) in [5.41, 5.74) is 0.769. The minimum atomic E-state index is -0.0523. The van der Waals surface area contributed by atoms with Crippen LogP contribution in [0.1, 0.15) is 36.0 Å². The molecule has 2 aliphatic rings. The van der Waals surface area contributed by atoms with Crippen LogP contribution in [0.15, 0.2) is 23.0 Å². The SMILES string of the molecule is COCC(=O)NC1CCC12CCN(C(=O)c1ccoc1)CC2. The van der Waals surface area contributed by atoms with Gasteiger partial charge in [-0.05, 0) is 37.2 Å². The highest BCUT2D eigenvalue weighted by Crippen LogP contribution is 2.49. The Hall–Kier alpha value is -1.82. The molecule has 1 aliphatic heterocycles. The van der Waals surface area contributed by atoms with Crippen molar-refractivity contribution >= 4 is 11.8 Å². The van der Waals surface area contributed by atoms with E-state index >= 15 is 0 Å². The van der Waals surface area contributed by atoms with E-state index in [-0.39, 0.29) is 29.9 Å². The fourth-order valence-corrected chi connectivity index (χ4v) is 3.61. The van der Waals surface area contributed by atoms with Gasteiger partial charge in [0.25, 0.3) is 5.91 Å². The topological polar surface area (TPSA) is 71.8 Å². The number of likely N-dealkylation sites (tertiary alicyclic amines) is 1. The summed E-state index contributed by atoms with van der Waals surface area (Å²) in [6, 6.07) is 1.92. The van der Waals surface area contributed by atoms with E-state index in [1.165, 1.54) is 19.6 Å². The van der Waals surface area contributed by atoms with Crippen molar-refractivity contribution in [2.24, 2.45) is 5.41 Å². The maximum atomic E-state index is 12.3. The first-order valence-corrected chi connectivity index (χ1v) is 7.74. The van der Waals surface area contributed by atoms with Crippen LogP contribution < -0.4 is 5.32 Å². The smallest absolute Gasteiger partial charge is 0.257 e. The standard InChI is InChI=1S/C16H22N2O4/c1-21-11-14(19)17-13-2-4-16(13)5-7-18(8-6-16)15(20)12-3-9-22-10-12/h3,9-10,13H,2,4-8,11H2,1H3,(H,17,19). The summed E-state index contributed by atoms with van der Waals surface area (Å²) in [6.07, 6.45) is 7.03. The van der Waals surface area contributed by atoms with Crippen LogP contribution in [0.2, 0.25) is 0 Å². The summed E-state index contributed by atoms with van der Waals surface area (Å²) < 4.78 is 9.84. The van der Waals surface area contributed by atoms with Gasteiger partial charge in [0, 0.05) is 26.2 Å². The summed E-state index contributed by atoms with van der Waals surface area (Å²) in [6.45, 7) is 1.58. The second-order valence-electron chi connectivity index (χ2n) is 6.26. The molecule has 1 unspecified atom stereocenters. The number of hydrogen-bond acceptors (Lipinski definition) is 4. The summed E-state index contributed by atoms with van der Waals surface area (Å²) in [7, 11) is 1.52. The normalized spacial score (nSPS) is 23.1. The van der Waals surface area contributed by atoms with E-state index in [0.29, 0.717) is 5.56 Å². The molecule has 1 aliphatic carbocycles. The molecular weight excluding hydrogens is 284 g/mol. The van der Waals surface area contributed by atoms with Crippen LogP contribution in [0.3, 0.4) is 0 Å². The van der Waals surface area contributed by atoms with Crippen LogP contribution in [-0.2, 0) is 9.53 Å². The number of rotatable bonds is 4. The first-order valence-electron chi connectivity index (χ1n) is 7.74. The predicted octanol–water partition coefficient (Wildman–Crippen LogP) is 1.43. The first kappa shape index (κ1) is 15.1. The molecule has 1 atom stereocenters. The van der Waals surface area contributed by atoms with E-state index < -0.39 is 0 Å². The van der Waals surface area contributed by atoms with Gasteiger partial charge in [-0.25, -0.2) is 0 Å². The molecule has 6 heteroatoms. The van der Waals surface area contributed by atoms with E-state index in [2.05, 4.69) is 5.32 Å². The maximum Gasteiger partial charge on any atom is 0.257 e. The van der Waals surface area contributed by atoms with E-state index in [9.17, 15) is 9.59 Å². The van der Waals surface area contributed by atoms with Gasteiger partial charge < -0.3 is 19.4 Å². The molecule has 0 aromatic carbocycles. The molecule has 0 bridgehead atoms. The Kier molecular flexibility index (Phi) is 4.20. The van der Waals surface area contributed by atoms with Gasteiger partial charge in [0.1, 0.15) is 12.9 Å². The molecule has 3 rings (SSSR count). The number of amides is 2. The van der Waals surface area contributed by atoms with Gasteiger partial charge in [0.15, 0.2) is 0 Å². The van der Waals surface area contributed by atoms with Crippen molar-refractivity contribution in [1.82, 2.24) is 10.2 Å². The van der Waals surface area contributed by atoms with E-state index in [4.69, 9.17) is 9.15 Å². The summed E-state index contributed by atoms with van der Waals surface area (Å²) in [5, 5.41) is 3.07. The number of hydrogen-bond donors (Lipinski definition) is 1. The average molecular weight is 306 g/mol. The Morgan fingerprint density at radius 2 is 2.18 bits per heavy atom. The van der Waals surface area contributed by atoms with Crippen molar-refractivity contribution in [1.29, 1.82) is 0 Å². The molecule has 22 heavy (non-hydrogen) atoms. The second-order valence-corrected chi connectivity index (χ2v) is 6.26. The van der Waals surface area contributed by atoms with E-state index in [0.717, 1.165) is 38.8 Å². The molecule has 2 heterocycles. The highest BCUT2D eigenvalue weighted by atomic mass is 16.5. The van der Waals surface area contributed by atoms with Crippen molar-refractivity contribution in [3.63, 3.8) is 0 Å². The van der Waals surface area contributed by atoms with E-state index in [1.807, 2.05) is 4.90 Å². The number of ether oxygens (including phenoxy) is 1. The number of carbonyl (C=O) groups is 2. The Bertz CT molecular complexity index is 532. The van der Waals surface area contributed by atoms with Crippen molar-refractivity contribution in [2.45, 2.75) is 31.7 Å². The Balaban J connectivity index is 1.55. The lowest BCUT2D eigenvalue weighted by Gasteiger charge is -2.54. The van der Waals surface area contributed by atoms with Crippen molar-refractivity contribution in [3.8, 4) is 0 Å². The van der Waals surface area contributed by atoms with Crippen molar-refractivity contribution < 1.29 is 18.7 Å². The fourth-order valence-electron chi connectivity index (χ4n) is 3.61. The third-order valence-electron chi connectivity index (χ3n) is 5.10. The van der Waals surface area contributed by atoms with Crippen LogP contribution in [0, 0.1) is 5.41 Å². The lowest BCUT2D eigenvalue weighted by molar-refractivity contribution is -0.129. The Morgan fingerprint density at radius 3 is 2.73 bits per heavy atom. The van der Waals surface area contributed by atoms with Gasteiger partial charge in [-0.1, -0.05) is 0 Å². The van der Waals surface area contributed by atoms with Gasteiger partial charge >= 0.3 is 0 Å². The molecule has 0 radical (unpaired) electrons. The largest absolute Gasteiger partial charge is 0.472 e. The minimum Gasteiger partial charge on any atom is -0.472 e. The molecule has 1 saturated heterocycles.